The summed E-state index contributed by atoms with van der Waals surface area (Å²) in [5.41, 5.74) is 2.71. The van der Waals surface area contributed by atoms with Gasteiger partial charge < -0.3 is 9.47 Å². The van der Waals surface area contributed by atoms with E-state index in [0.717, 1.165) is 28.3 Å². The minimum atomic E-state index is -0.223. The number of aromatic nitrogens is 1. The molecule has 27 heavy (non-hydrogen) atoms. The molecule has 0 bridgehead atoms. The summed E-state index contributed by atoms with van der Waals surface area (Å²) >= 11 is 1.39. The van der Waals surface area contributed by atoms with Gasteiger partial charge in [0.15, 0.2) is 5.13 Å². The Labute approximate surface area is 162 Å². The first kappa shape index (κ1) is 18.7. The maximum absolute atomic E-state index is 12.1. The van der Waals surface area contributed by atoms with E-state index in [-0.39, 0.29) is 5.91 Å². The molecule has 3 rings (SSSR count). The van der Waals surface area contributed by atoms with Gasteiger partial charge in [0.1, 0.15) is 11.5 Å². The standard InChI is InChI=1S/C21H20N2O3S/c1-3-26-18-9-4-15(5-10-18)6-13-20(24)23-21-22-19(14-27-21)16-7-11-17(25-2)12-8-16/h4-14H,3H2,1-2H3,(H,22,23,24)/b13-6+. The Morgan fingerprint density at radius 1 is 1.11 bits per heavy atom. The normalized spacial score (nSPS) is 10.7. The van der Waals surface area contributed by atoms with Crippen molar-refractivity contribution >= 4 is 28.5 Å². The molecule has 1 aromatic heterocycles. The monoisotopic (exact) mass is 380 g/mol. The number of thiazole rings is 1. The van der Waals surface area contributed by atoms with E-state index in [0.29, 0.717) is 11.7 Å². The van der Waals surface area contributed by atoms with Gasteiger partial charge in [-0.15, -0.1) is 11.3 Å². The highest BCUT2D eigenvalue weighted by molar-refractivity contribution is 7.14. The topological polar surface area (TPSA) is 60.5 Å². The fraction of sp³-hybridized carbons (Fsp3) is 0.143. The van der Waals surface area contributed by atoms with Crippen LogP contribution in [0.5, 0.6) is 11.5 Å². The second-order valence-electron chi connectivity index (χ2n) is 5.59. The molecule has 0 saturated heterocycles. The summed E-state index contributed by atoms with van der Waals surface area (Å²) in [4.78, 5) is 16.6. The number of hydrogen-bond donors (Lipinski definition) is 1. The average molecular weight is 380 g/mol. The van der Waals surface area contributed by atoms with Gasteiger partial charge in [-0.3, -0.25) is 10.1 Å². The van der Waals surface area contributed by atoms with Crippen molar-refractivity contribution in [2.75, 3.05) is 19.0 Å². The van der Waals surface area contributed by atoms with Crippen LogP contribution in [0, 0.1) is 0 Å². The van der Waals surface area contributed by atoms with E-state index in [1.165, 1.54) is 17.4 Å². The Kier molecular flexibility index (Phi) is 6.22. The predicted octanol–water partition coefficient (Wildman–Crippen LogP) is 4.87. The third-order valence-electron chi connectivity index (χ3n) is 3.74. The molecule has 0 aliphatic heterocycles. The summed E-state index contributed by atoms with van der Waals surface area (Å²) in [5, 5.41) is 5.26. The van der Waals surface area contributed by atoms with Gasteiger partial charge in [-0.1, -0.05) is 12.1 Å². The quantitative estimate of drug-likeness (QED) is 0.594. The zero-order chi connectivity index (χ0) is 19.1. The van der Waals surface area contributed by atoms with Crippen molar-refractivity contribution in [1.82, 2.24) is 4.98 Å². The van der Waals surface area contributed by atoms with Crippen molar-refractivity contribution in [1.29, 1.82) is 0 Å². The van der Waals surface area contributed by atoms with Gasteiger partial charge in [0.05, 0.1) is 19.4 Å². The molecule has 3 aromatic rings. The number of methoxy groups -OCH3 is 1. The fourth-order valence-corrected chi connectivity index (χ4v) is 3.11. The van der Waals surface area contributed by atoms with Crippen molar-refractivity contribution < 1.29 is 14.3 Å². The zero-order valence-electron chi connectivity index (χ0n) is 15.1. The summed E-state index contributed by atoms with van der Waals surface area (Å²) in [5.74, 6) is 1.38. The van der Waals surface area contributed by atoms with E-state index in [9.17, 15) is 4.79 Å². The maximum atomic E-state index is 12.1. The highest BCUT2D eigenvalue weighted by Crippen LogP contribution is 2.26. The van der Waals surface area contributed by atoms with Crippen molar-refractivity contribution in [3.05, 3.63) is 65.6 Å². The van der Waals surface area contributed by atoms with Gasteiger partial charge in [-0.25, -0.2) is 4.98 Å². The number of carbonyl (C=O) groups is 1. The molecule has 0 fully saturated rings. The number of nitrogens with zero attached hydrogens (tertiary/aromatic N) is 1. The highest BCUT2D eigenvalue weighted by atomic mass is 32.1. The number of carbonyl (C=O) groups excluding carboxylic acids is 1. The number of amides is 1. The van der Waals surface area contributed by atoms with Gasteiger partial charge in [-0.2, -0.15) is 0 Å². The molecule has 0 spiro atoms. The number of hydrogen-bond acceptors (Lipinski definition) is 5. The molecule has 138 valence electrons. The first-order chi connectivity index (χ1) is 13.2. The average Bonchev–Trinajstić information content (AvgIpc) is 3.16. The van der Waals surface area contributed by atoms with Crippen LogP contribution in [0.4, 0.5) is 5.13 Å². The molecule has 0 radical (unpaired) electrons. The molecule has 1 heterocycles. The van der Waals surface area contributed by atoms with Crippen molar-refractivity contribution in [3.63, 3.8) is 0 Å². The van der Waals surface area contributed by atoms with Crippen LogP contribution in [0.25, 0.3) is 17.3 Å². The van der Waals surface area contributed by atoms with Crippen LogP contribution in [0.2, 0.25) is 0 Å². The van der Waals surface area contributed by atoms with E-state index in [2.05, 4.69) is 10.3 Å². The van der Waals surface area contributed by atoms with Crippen LogP contribution in [0.3, 0.4) is 0 Å². The van der Waals surface area contributed by atoms with Gasteiger partial charge in [-0.05, 0) is 55.0 Å². The summed E-state index contributed by atoms with van der Waals surface area (Å²) < 4.78 is 10.6. The van der Waals surface area contributed by atoms with Crippen molar-refractivity contribution in [2.24, 2.45) is 0 Å². The van der Waals surface area contributed by atoms with Crippen LogP contribution < -0.4 is 14.8 Å². The molecule has 6 heteroatoms. The molecule has 0 aliphatic rings. The van der Waals surface area contributed by atoms with E-state index in [1.807, 2.05) is 60.8 Å². The van der Waals surface area contributed by atoms with Crippen LogP contribution in [0.15, 0.2) is 60.0 Å². The third kappa shape index (κ3) is 5.18. The number of nitrogens with one attached hydrogen (secondary N) is 1. The molecule has 1 N–H and O–H groups in total. The Hall–Kier alpha value is -3.12. The number of benzene rings is 2. The molecular weight excluding hydrogens is 360 g/mol. The van der Waals surface area contributed by atoms with Crippen molar-refractivity contribution in [3.8, 4) is 22.8 Å². The summed E-state index contributed by atoms with van der Waals surface area (Å²) in [7, 11) is 1.63. The van der Waals surface area contributed by atoms with Gasteiger partial charge in [0, 0.05) is 17.0 Å². The SMILES string of the molecule is CCOc1ccc(/C=C/C(=O)Nc2nc(-c3ccc(OC)cc3)cs2)cc1. The Morgan fingerprint density at radius 3 is 2.48 bits per heavy atom. The van der Waals surface area contributed by atoms with Crippen LogP contribution in [-0.2, 0) is 4.79 Å². The van der Waals surface area contributed by atoms with Gasteiger partial charge in [0.25, 0.3) is 0 Å². The van der Waals surface area contributed by atoms with Gasteiger partial charge >= 0.3 is 0 Å². The molecule has 5 nitrogen and oxygen atoms in total. The molecule has 0 unspecified atom stereocenters. The molecule has 0 atom stereocenters. The minimum Gasteiger partial charge on any atom is -0.497 e. The number of anilines is 1. The van der Waals surface area contributed by atoms with Crippen LogP contribution >= 0.6 is 11.3 Å². The van der Waals surface area contributed by atoms with E-state index in [1.54, 1.807) is 13.2 Å². The molecule has 2 aromatic carbocycles. The number of ether oxygens (including phenoxy) is 2. The minimum absolute atomic E-state index is 0.223. The van der Waals surface area contributed by atoms with E-state index >= 15 is 0 Å². The maximum Gasteiger partial charge on any atom is 0.250 e. The Morgan fingerprint density at radius 2 is 1.81 bits per heavy atom. The summed E-state index contributed by atoms with van der Waals surface area (Å²) in [6, 6.07) is 15.2. The lowest BCUT2D eigenvalue weighted by Gasteiger charge is -2.02. The Bertz CT molecular complexity index is 915. The van der Waals surface area contributed by atoms with E-state index < -0.39 is 0 Å². The lowest BCUT2D eigenvalue weighted by molar-refractivity contribution is -0.111. The Balaban J connectivity index is 1.60. The summed E-state index contributed by atoms with van der Waals surface area (Å²) in [6.07, 6.45) is 3.24. The second kappa shape index (κ2) is 9.00. The molecule has 0 saturated carbocycles. The largest absolute Gasteiger partial charge is 0.497 e. The molecular formula is C21H20N2O3S. The zero-order valence-corrected chi connectivity index (χ0v) is 16.0. The first-order valence-corrected chi connectivity index (χ1v) is 9.38. The van der Waals surface area contributed by atoms with E-state index in [4.69, 9.17) is 9.47 Å². The van der Waals surface area contributed by atoms with Gasteiger partial charge in [0.2, 0.25) is 5.91 Å². The van der Waals surface area contributed by atoms with Crippen LogP contribution in [-0.4, -0.2) is 24.6 Å². The predicted molar refractivity (Wildman–Crippen MR) is 109 cm³/mol. The lowest BCUT2D eigenvalue weighted by Crippen LogP contribution is -2.07. The van der Waals surface area contributed by atoms with Crippen LogP contribution in [0.1, 0.15) is 12.5 Å². The number of rotatable bonds is 7. The molecule has 0 aliphatic carbocycles. The summed E-state index contributed by atoms with van der Waals surface area (Å²) in [6.45, 7) is 2.57. The second-order valence-corrected chi connectivity index (χ2v) is 6.45. The lowest BCUT2D eigenvalue weighted by atomic mass is 10.2. The first-order valence-electron chi connectivity index (χ1n) is 8.50. The van der Waals surface area contributed by atoms with Crippen molar-refractivity contribution in [2.45, 2.75) is 6.92 Å². The fourth-order valence-electron chi connectivity index (χ4n) is 2.39. The molecule has 1 amide bonds. The smallest absolute Gasteiger partial charge is 0.250 e. The highest BCUT2D eigenvalue weighted by Gasteiger charge is 2.06. The third-order valence-corrected chi connectivity index (χ3v) is 4.50.